The number of carbonyl (C=O) groups is 1. The molecule has 0 aliphatic heterocycles. The molecule has 2 N–H and O–H groups in total. The monoisotopic (exact) mass is 394 g/mol. The summed E-state index contributed by atoms with van der Waals surface area (Å²) >= 11 is 5.87. The van der Waals surface area contributed by atoms with Crippen LogP contribution >= 0.6 is 11.6 Å². The second-order valence-corrected chi connectivity index (χ2v) is 6.29. The molecule has 0 unspecified atom stereocenters. The number of anilines is 2. The van der Waals surface area contributed by atoms with E-state index >= 15 is 0 Å². The van der Waals surface area contributed by atoms with Crippen molar-refractivity contribution in [3.05, 3.63) is 89.9 Å². The van der Waals surface area contributed by atoms with Crippen molar-refractivity contribution >= 4 is 29.0 Å². The molecule has 1 aromatic heterocycles. The van der Waals surface area contributed by atoms with Crippen molar-refractivity contribution in [1.82, 2.24) is 9.97 Å². The predicted molar refractivity (Wildman–Crippen MR) is 111 cm³/mol. The van der Waals surface area contributed by atoms with Gasteiger partial charge in [0.25, 0.3) is 5.91 Å². The van der Waals surface area contributed by atoms with Gasteiger partial charge in [-0.3, -0.25) is 4.79 Å². The van der Waals surface area contributed by atoms with Crippen molar-refractivity contribution in [1.29, 1.82) is 0 Å². The zero-order valence-electron chi connectivity index (χ0n) is 15.1. The first-order valence-corrected chi connectivity index (χ1v) is 8.97. The molecular formula is C21H19ClN4O2. The van der Waals surface area contributed by atoms with E-state index in [1.807, 2.05) is 24.3 Å². The largest absolute Gasteiger partial charge is 0.489 e. The molecule has 0 aliphatic carbocycles. The van der Waals surface area contributed by atoms with E-state index in [0.717, 1.165) is 5.56 Å². The first kappa shape index (κ1) is 19.4. The topological polar surface area (TPSA) is 76.1 Å². The molecule has 3 aromatic rings. The SMILES string of the molecule is C=CCNc1cnc(C(=O)Nc2ccc(OCc3ccc(Cl)cc3)cc2)cn1. The molecule has 0 atom stereocenters. The molecule has 142 valence electrons. The van der Waals surface area contributed by atoms with Gasteiger partial charge in [-0.05, 0) is 42.0 Å². The van der Waals surface area contributed by atoms with Gasteiger partial charge in [0.1, 0.15) is 23.9 Å². The summed E-state index contributed by atoms with van der Waals surface area (Å²) in [5.41, 5.74) is 1.89. The van der Waals surface area contributed by atoms with Gasteiger partial charge in [0, 0.05) is 17.3 Å². The van der Waals surface area contributed by atoms with Gasteiger partial charge in [-0.2, -0.15) is 0 Å². The number of rotatable bonds is 8. The van der Waals surface area contributed by atoms with Crippen molar-refractivity contribution in [2.45, 2.75) is 6.61 Å². The fraction of sp³-hybridized carbons (Fsp3) is 0.0952. The van der Waals surface area contributed by atoms with E-state index < -0.39 is 0 Å². The van der Waals surface area contributed by atoms with E-state index in [1.54, 1.807) is 30.3 Å². The molecule has 0 radical (unpaired) electrons. The van der Waals surface area contributed by atoms with Gasteiger partial charge in [0.2, 0.25) is 0 Å². The Morgan fingerprint density at radius 2 is 1.82 bits per heavy atom. The lowest BCUT2D eigenvalue weighted by Gasteiger charge is -2.09. The molecule has 0 saturated carbocycles. The summed E-state index contributed by atoms with van der Waals surface area (Å²) in [6.07, 6.45) is 4.64. The molecule has 0 fully saturated rings. The summed E-state index contributed by atoms with van der Waals surface area (Å²) in [6.45, 7) is 4.63. The van der Waals surface area contributed by atoms with Crippen LogP contribution in [0.25, 0.3) is 0 Å². The maximum Gasteiger partial charge on any atom is 0.275 e. The number of carbonyl (C=O) groups excluding carboxylic acids is 1. The summed E-state index contributed by atoms with van der Waals surface area (Å²) in [4.78, 5) is 20.5. The summed E-state index contributed by atoms with van der Waals surface area (Å²) < 4.78 is 5.73. The summed E-state index contributed by atoms with van der Waals surface area (Å²) in [5.74, 6) is 0.946. The fourth-order valence-corrected chi connectivity index (χ4v) is 2.42. The summed E-state index contributed by atoms with van der Waals surface area (Å²) in [7, 11) is 0. The average molecular weight is 395 g/mol. The molecule has 0 aliphatic rings. The highest BCUT2D eigenvalue weighted by atomic mass is 35.5. The lowest BCUT2D eigenvalue weighted by Crippen LogP contribution is -2.14. The second-order valence-electron chi connectivity index (χ2n) is 5.85. The maximum atomic E-state index is 12.3. The van der Waals surface area contributed by atoms with Gasteiger partial charge in [0.05, 0.1) is 12.4 Å². The molecule has 7 heteroatoms. The van der Waals surface area contributed by atoms with Crippen LogP contribution in [0.15, 0.2) is 73.6 Å². The van der Waals surface area contributed by atoms with Crippen LogP contribution in [0, 0.1) is 0 Å². The number of hydrogen-bond donors (Lipinski definition) is 2. The Kier molecular flexibility index (Phi) is 6.59. The van der Waals surface area contributed by atoms with E-state index in [2.05, 4.69) is 27.2 Å². The minimum absolute atomic E-state index is 0.229. The number of ether oxygens (including phenoxy) is 1. The Morgan fingerprint density at radius 3 is 2.46 bits per heavy atom. The van der Waals surface area contributed by atoms with Gasteiger partial charge in [0.15, 0.2) is 0 Å². The van der Waals surface area contributed by atoms with Crippen molar-refractivity contribution in [3.8, 4) is 5.75 Å². The predicted octanol–water partition coefficient (Wildman–Crippen LogP) is 4.56. The Labute approximate surface area is 168 Å². The van der Waals surface area contributed by atoms with Crippen LogP contribution in [0.2, 0.25) is 5.02 Å². The second kappa shape index (κ2) is 9.53. The first-order valence-electron chi connectivity index (χ1n) is 8.59. The lowest BCUT2D eigenvalue weighted by molar-refractivity contribution is 0.102. The quantitative estimate of drug-likeness (QED) is 0.548. The highest BCUT2D eigenvalue weighted by Gasteiger charge is 2.08. The van der Waals surface area contributed by atoms with Gasteiger partial charge in [-0.25, -0.2) is 9.97 Å². The molecule has 0 spiro atoms. The molecule has 28 heavy (non-hydrogen) atoms. The molecule has 2 aromatic carbocycles. The van der Waals surface area contributed by atoms with Crippen molar-refractivity contribution < 1.29 is 9.53 Å². The Morgan fingerprint density at radius 1 is 1.07 bits per heavy atom. The smallest absolute Gasteiger partial charge is 0.275 e. The minimum Gasteiger partial charge on any atom is -0.489 e. The van der Waals surface area contributed by atoms with Gasteiger partial charge >= 0.3 is 0 Å². The number of nitrogens with zero attached hydrogens (tertiary/aromatic N) is 2. The van der Waals surface area contributed by atoms with Crippen LogP contribution in [0.3, 0.4) is 0 Å². The number of nitrogens with one attached hydrogen (secondary N) is 2. The Hall–Kier alpha value is -3.38. The van der Waals surface area contributed by atoms with E-state index in [1.165, 1.54) is 12.4 Å². The highest BCUT2D eigenvalue weighted by molar-refractivity contribution is 6.30. The third-order valence-electron chi connectivity index (χ3n) is 3.74. The summed E-state index contributed by atoms with van der Waals surface area (Å²) in [6, 6.07) is 14.6. The van der Waals surface area contributed by atoms with Crippen LogP contribution in [-0.2, 0) is 6.61 Å². The van der Waals surface area contributed by atoms with Crippen LogP contribution in [0.4, 0.5) is 11.5 Å². The van der Waals surface area contributed by atoms with Crippen LogP contribution in [0.5, 0.6) is 5.75 Å². The third-order valence-corrected chi connectivity index (χ3v) is 3.99. The molecule has 3 rings (SSSR count). The number of benzene rings is 2. The average Bonchev–Trinajstić information content (AvgIpc) is 2.73. The van der Waals surface area contributed by atoms with Gasteiger partial charge < -0.3 is 15.4 Å². The zero-order chi connectivity index (χ0) is 19.8. The van der Waals surface area contributed by atoms with E-state index in [9.17, 15) is 4.79 Å². The van der Waals surface area contributed by atoms with Crippen molar-refractivity contribution in [2.24, 2.45) is 0 Å². The van der Waals surface area contributed by atoms with E-state index in [4.69, 9.17) is 16.3 Å². The molecule has 6 nitrogen and oxygen atoms in total. The number of hydrogen-bond acceptors (Lipinski definition) is 5. The number of aromatic nitrogens is 2. The number of halogens is 1. The third kappa shape index (κ3) is 5.56. The molecule has 0 bridgehead atoms. The molecular weight excluding hydrogens is 376 g/mol. The van der Waals surface area contributed by atoms with Crippen LogP contribution < -0.4 is 15.4 Å². The summed E-state index contributed by atoms with van der Waals surface area (Å²) in [5, 5.41) is 6.47. The van der Waals surface area contributed by atoms with Crippen molar-refractivity contribution in [2.75, 3.05) is 17.2 Å². The molecule has 1 heterocycles. The highest BCUT2D eigenvalue weighted by Crippen LogP contribution is 2.18. The van der Waals surface area contributed by atoms with E-state index in [0.29, 0.717) is 35.4 Å². The van der Waals surface area contributed by atoms with Crippen LogP contribution in [-0.4, -0.2) is 22.4 Å². The Balaban J connectivity index is 1.53. The fourth-order valence-electron chi connectivity index (χ4n) is 2.29. The number of amides is 1. The normalized spacial score (nSPS) is 10.2. The van der Waals surface area contributed by atoms with Gasteiger partial charge in [-0.1, -0.05) is 29.8 Å². The zero-order valence-corrected chi connectivity index (χ0v) is 15.8. The minimum atomic E-state index is -0.336. The Bertz CT molecular complexity index is 926. The first-order chi connectivity index (χ1) is 13.6. The van der Waals surface area contributed by atoms with Crippen LogP contribution in [0.1, 0.15) is 16.1 Å². The van der Waals surface area contributed by atoms with Gasteiger partial charge in [-0.15, -0.1) is 6.58 Å². The van der Waals surface area contributed by atoms with Crippen molar-refractivity contribution in [3.63, 3.8) is 0 Å². The standard InChI is InChI=1S/C21H19ClN4O2/c1-2-11-23-20-13-24-19(12-25-20)21(27)26-17-7-9-18(10-8-17)28-14-15-3-5-16(22)6-4-15/h2-10,12-13H,1,11,14H2,(H,23,25)(H,26,27). The maximum absolute atomic E-state index is 12.3. The molecule has 0 saturated heterocycles. The molecule has 1 amide bonds. The lowest BCUT2D eigenvalue weighted by atomic mass is 10.2. The van der Waals surface area contributed by atoms with E-state index in [-0.39, 0.29) is 11.6 Å².